The second-order valence-corrected chi connectivity index (χ2v) is 3.32. The van der Waals surface area contributed by atoms with Crippen LogP contribution < -0.4 is 5.32 Å². The molecular formula is C9H10N2O2S. The largest absolute Gasteiger partial charge is 0.345 e. The lowest BCUT2D eigenvalue weighted by atomic mass is 10.3. The molecule has 5 heteroatoms. The van der Waals surface area contributed by atoms with Crippen molar-refractivity contribution in [1.82, 2.24) is 0 Å². The number of para-hydroxylation sites is 1. The zero-order chi connectivity index (χ0) is 10.4. The minimum atomic E-state index is -0.470. The van der Waals surface area contributed by atoms with E-state index in [9.17, 15) is 10.1 Å². The molecule has 0 aliphatic carbocycles. The summed E-state index contributed by atoms with van der Waals surface area (Å²) in [6.45, 7) is 0. The molecule has 0 fully saturated rings. The van der Waals surface area contributed by atoms with Crippen LogP contribution in [0.2, 0.25) is 0 Å². The second-order valence-electron chi connectivity index (χ2n) is 2.47. The van der Waals surface area contributed by atoms with Gasteiger partial charge in [0, 0.05) is 5.69 Å². The third-order valence-electron chi connectivity index (χ3n) is 1.48. The molecule has 1 N–H and O–H groups in total. The maximum Gasteiger partial charge on any atom is 0.264 e. The van der Waals surface area contributed by atoms with Crippen molar-refractivity contribution in [2.45, 2.75) is 0 Å². The highest BCUT2D eigenvalue weighted by Crippen LogP contribution is 2.16. The Hall–Kier alpha value is -1.49. The van der Waals surface area contributed by atoms with Crippen LogP contribution in [0.4, 0.5) is 5.69 Å². The molecule has 1 aromatic rings. The summed E-state index contributed by atoms with van der Waals surface area (Å²) >= 11 is 1.30. The van der Waals surface area contributed by atoms with Crippen molar-refractivity contribution in [2.75, 3.05) is 11.6 Å². The number of thioether (sulfide) groups is 1. The molecule has 0 saturated carbocycles. The Labute approximate surface area is 86.2 Å². The fourth-order valence-corrected chi connectivity index (χ4v) is 1.31. The van der Waals surface area contributed by atoms with Gasteiger partial charge in [0.15, 0.2) is 0 Å². The highest BCUT2D eigenvalue weighted by atomic mass is 32.2. The third kappa shape index (κ3) is 3.49. The van der Waals surface area contributed by atoms with E-state index in [1.807, 2.05) is 30.3 Å². The number of nitrogens with one attached hydrogen (secondary N) is 1. The zero-order valence-electron chi connectivity index (χ0n) is 7.64. The Balaban J connectivity index is 2.71. The molecule has 0 aliphatic rings. The Morgan fingerprint density at radius 1 is 1.50 bits per heavy atom. The van der Waals surface area contributed by atoms with E-state index in [-0.39, 0.29) is 0 Å². The standard InChI is InChI=1S/C9H10N2O2S/c1-14-9(7-11(12)13)10-8-5-3-2-4-6-8/h2-7,10H,1H3. The molecule has 0 heterocycles. The maximum absolute atomic E-state index is 10.2. The number of benzene rings is 1. The van der Waals surface area contributed by atoms with Gasteiger partial charge in [0.1, 0.15) is 5.03 Å². The van der Waals surface area contributed by atoms with Gasteiger partial charge in [-0.15, -0.1) is 11.8 Å². The van der Waals surface area contributed by atoms with Crippen LogP contribution in [0.25, 0.3) is 0 Å². The van der Waals surface area contributed by atoms with Crippen LogP contribution in [-0.4, -0.2) is 11.2 Å². The molecule has 0 saturated heterocycles. The molecule has 1 rings (SSSR count). The topological polar surface area (TPSA) is 55.2 Å². The van der Waals surface area contributed by atoms with Gasteiger partial charge in [-0.3, -0.25) is 10.1 Å². The number of anilines is 1. The predicted molar refractivity (Wildman–Crippen MR) is 58.7 cm³/mol. The average Bonchev–Trinajstić information content (AvgIpc) is 2.17. The molecule has 0 radical (unpaired) electrons. The van der Waals surface area contributed by atoms with Crippen LogP contribution in [0.3, 0.4) is 0 Å². The first-order valence-corrected chi connectivity index (χ1v) is 5.16. The number of nitro groups is 1. The maximum atomic E-state index is 10.2. The highest BCUT2D eigenvalue weighted by molar-refractivity contribution is 8.02. The van der Waals surface area contributed by atoms with Gasteiger partial charge < -0.3 is 5.32 Å². The average molecular weight is 210 g/mol. The van der Waals surface area contributed by atoms with E-state index < -0.39 is 4.92 Å². The van der Waals surface area contributed by atoms with E-state index in [0.717, 1.165) is 11.9 Å². The molecule has 0 amide bonds. The molecule has 0 unspecified atom stereocenters. The van der Waals surface area contributed by atoms with Gasteiger partial charge in [0.2, 0.25) is 0 Å². The number of nitrogens with zero attached hydrogens (tertiary/aromatic N) is 1. The summed E-state index contributed by atoms with van der Waals surface area (Å²) in [5, 5.41) is 13.7. The molecule has 0 spiro atoms. The van der Waals surface area contributed by atoms with Crippen molar-refractivity contribution in [1.29, 1.82) is 0 Å². The normalized spacial score (nSPS) is 11.1. The van der Waals surface area contributed by atoms with Crippen LogP contribution in [0.1, 0.15) is 0 Å². The summed E-state index contributed by atoms with van der Waals surface area (Å²) in [5.74, 6) is 0. The molecule has 0 aliphatic heterocycles. The molecule has 1 aromatic carbocycles. The van der Waals surface area contributed by atoms with E-state index >= 15 is 0 Å². The fourth-order valence-electron chi connectivity index (χ4n) is 0.895. The van der Waals surface area contributed by atoms with Crippen LogP contribution in [0, 0.1) is 10.1 Å². The van der Waals surface area contributed by atoms with Crippen molar-refractivity contribution in [3.63, 3.8) is 0 Å². The Morgan fingerprint density at radius 2 is 2.14 bits per heavy atom. The fraction of sp³-hybridized carbons (Fsp3) is 0.111. The quantitative estimate of drug-likeness (QED) is 0.613. The first kappa shape index (κ1) is 10.6. The SMILES string of the molecule is CSC(=C[N+](=O)[O-])Nc1ccccc1. The summed E-state index contributed by atoms with van der Waals surface area (Å²) < 4.78 is 0. The Morgan fingerprint density at radius 3 is 2.64 bits per heavy atom. The molecule has 0 atom stereocenters. The van der Waals surface area contributed by atoms with Gasteiger partial charge in [0.05, 0.1) is 4.92 Å². The van der Waals surface area contributed by atoms with Crippen molar-refractivity contribution in [3.05, 3.63) is 51.7 Å². The summed E-state index contributed by atoms with van der Waals surface area (Å²) in [5.41, 5.74) is 0.843. The van der Waals surface area contributed by atoms with Crippen molar-refractivity contribution < 1.29 is 4.92 Å². The van der Waals surface area contributed by atoms with Crippen LogP contribution in [0.5, 0.6) is 0 Å². The summed E-state index contributed by atoms with van der Waals surface area (Å²) in [6.07, 6.45) is 2.74. The van der Waals surface area contributed by atoms with Gasteiger partial charge in [-0.05, 0) is 18.4 Å². The number of rotatable bonds is 4. The second kappa shape index (κ2) is 5.29. The molecule has 74 valence electrons. The van der Waals surface area contributed by atoms with Crippen LogP contribution in [0.15, 0.2) is 41.6 Å². The van der Waals surface area contributed by atoms with E-state index in [2.05, 4.69) is 5.32 Å². The monoisotopic (exact) mass is 210 g/mol. The highest BCUT2D eigenvalue weighted by Gasteiger charge is 2.00. The molecular weight excluding hydrogens is 200 g/mol. The third-order valence-corrected chi connectivity index (χ3v) is 2.13. The summed E-state index contributed by atoms with van der Waals surface area (Å²) in [6, 6.07) is 9.33. The van der Waals surface area contributed by atoms with Gasteiger partial charge >= 0.3 is 0 Å². The lowest BCUT2D eigenvalue weighted by molar-refractivity contribution is -0.402. The number of hydrogen-bond acceptors (Lipinski definition) is 4. The molecule has 0 bridgehead atoms. The van der Waals surface area contributed by atoms with Gasteiger partial charge in [-0.25, -0.2) is 0 Å². The zero-order valence-corrected chi connectivity index (χ0v) is 8.45. The minimum Gasteiger partial charge on any atom is -0.345 e. The van der Waals surface area contributed by atoms with Crippen molar-refractivity contribution in [3.8, 4) is 0 Å². The first-order valence-electron chi connectivity index (χ1n) is 3.94. The Kier molecular flexibility index (Phi) is 4.00. The molecule has 0 aromatic heterocycles. The van der Waals surface area contributed by atoms with Crippen molar-refractivity contribution >= 4 is 17.4 Å². The lowest BCUT2D eigenvalue weighted by Crippen LogP contribution is -1.98. The smallest absolute Gasteiger partial charge is 0.264 e. The minimum absolute atomic E-state index is 0.470. The van der Waals surface area contributed by atoms with Gasteiger partial charge in [-0.1, -0.05) is 18.2 Å². The van der Waals surface area contributed by atoms with Gasteiger partial charge in [-0.2, -0.15) is 0 Å². The lowest BCUT2D eigenvalue weighted by Gasteiger charge is -2.04. The summed E-state index contributed by atoms with van der Waals surface area (Å²) in [4.78, 5) is 9.76. The Bertz CT molecular complexity index is 338. The summed E-state index contributed by atoms with van der Waals surface area (Å²) in [7, 11) is 0. The van der Waals surface area contributed by atoms with E-state index in [1.165, 1.54) is 11.8 Å². The van der Waals surface area contributed by atoms with E-state index in [1.54, 1.807) is 6.26 Å². The number of hydrogen-bond donors (Lipinski definition) is 1. The van der Waals surface area contributed by atoms with Crippen molar-refractivity contribution in [2.24, 2.45) is 0 Å². The van der Waals surface area contributed by atoms with E-state index in [0.29, 0.717) is 5.03 Å². The molecule has 4 nitrogen and oxygen atoms in total. The van der Waals surface area contributed by atoms with Crippen LogP contribution in [-0.2, 0) is 0 Å². The van der Waals surface area contributed by atoms with Crippen LogP contribution >= 0.6 is 11.8 Å². The van der Waals surface area contributed by atoms with E-state index in [4.69, 9.17) is 0 Å². The molecule has 14 heavy (non-hydrogen) atoms. The first-order chi connectivity index (χ1) is 6.72. The van der Waals surface area contributed by atoms with Gasteiger partial charge in [0.25, 0.3) is 6.20 Å². The predicted octanol–water partition coefficient (Wildman–Crippen LogP) is 2.54.